The number of quaternary nitrogens is 1. The van der Waals surface area contributed by atoms with Crippen LogP contribution in [-0.4, -0.2) is 0 Å². The van der Waals surface area contributed by atoms with Gasteiger partial charge in [0, 0.05) is 11.4 Å². The fraction of sp³-hybridized carbons (Fsp3) is 0. The van der Waals surface area contributed by atoms with Crippen LogP contribution in [0.4, 0.5) is 5.69 Å². The summed E-state index contributed by atoms with van der Waals surface area (Å²) >= 11 is 0. The predicted octanol–water partition coefficient (Wildman–Crippen LogP) is 0.477. The van der Waals surface area contributed by atoms with Crippen molar-refractivity contribution >= 4 is 19.5 Å². The van der Waals surface area contributed by atoms with Gasteiger partial charge in [0.15, 0.2) is 8.46 Å². The third-order valence-corrected chi connectivity index (χ3v) is 1.50. The van der Waals surface area contributed by atoms with Crippen molar-refractivity contribution in [2.45, 2.75) is 0 Å². The molecule has 0 unspecified atom stereocenters. The van der Waals surface area contributed by atoms with Crippen molar-refractivity contribution in [3.8, 4) is 0 Å². The van der Waals surface area contributed by atoms with Crippen molar-refractivity contribution in [3.63, 3.8) is 0 Å². The highest BCUT2D eigenvalue weighted by Gasteiger charge is 1.91. The Labute approximate surface area is 54.9 Å². The van der Waals surface area contributed by atoms with Crippen LogP contribution >= 0.6 is 8.46 Å². The van der Waals surface area contributed by atoms with Crippen molar-refractivity contribution in [3.05, 3.63) is 24.3 Å². The van der Waals surface area contributed by atoms with Gasteiger partial charge >= 0.3 is 0 Å². The van der Waals surface area contributed by atoms with Gasteiger partial charge in [0.1, 0.15) is 5.69 Å². The van der Waals surface area contributed by atoms with Crippen LogP contribution < -0.4 is 11.0 Å². The van der Waals surface area contributed by atoms with Gasteiger partial charge in [0.25, 0.3) is 0 Å². The highest BCUT2D eigenvalue weighted by atomic mass is 31.1. The third kappa shape index (κ3) is 1.60. The number of benzene rings is 1. The molecule has 9 heavy (non-hydrogen) atoms. The Morgan fingerprint density at radius 2 is 2.22 bits per heavy atom. The van der Waals surface area contributed by atoms with Crippen molar-refractivity contribution in [2.75, 3.05) is 0 Å². The van der Waals surface area contributed by atoms with E-state index >= 15 is 0 Å². The van der Waals surface area contributed by atoms with Gasteiger partial charge < -0.3 is 5.73 Å². The Kier molecular flexibility index (Phi) is 1.93. The zero-order valence-corrected chi connectivity index (χ0v) is 5.77. The molecule has 0 aliphatic rings. The van der Waals surface area contributed by atoms with Gasteiger partial charge in [0.05, 0.1) is 0 Å². The lowest BCUT2D eigenvalue weighted by atomic mass is 10.3. The monoisotopic (exact) mass is 140 g/mol. The van der Waals surface area contributed by atoms with E-state index in [-0.39, 0.29) is 8.46 Å². The molecule has 0 atom stereocenters. The van der Waals surface area contributed by atoms with Crippen LogP contribution in [0.15, 0.2) is 24.3 Å². The maximum atomic E-state index is 10.2. The quantitative estimate of drug-likeness (QED) is 0.566. The van der Waals surface area contributed by atoms with Crippen LogP contribution in [0.25, 0.3) is 0 Å². The standard InChI is InChI=1S/C6H6NOP/c7-5-2-1-3-6(4-5)9-8/h1-4H,7H2/p+1. The minimum Gasteiger partial charge on any atom is -0.325 e. The predicted molar refractivity (Wildman–Crippen MR) is 36.2 cm³/mol. The number of hydrogen-bond donors (Lipinski definition) is 1. The number of rotatable bonds is 1. The summed E-state index contributed by atoms with van der Waals surface area (Å²) < 4.78 is 10.2. The Balaban J connectivity index is 3.07. The molecule has 3 N–H and O–H groups in total. The van der Waals surface area contributed by atoms with Crippen molar-refractivity contribution in [1.29, 1.82) is 0 Å². The lowest BCUT2D eigenvalue weighted by Gasteiger charge is -1.85. The molecule has 3 heteroatoms. The summed E-state index contributed by atoms with van der Waals surface area (Å²) in [7, 11) is 0.0647. The molecule has 0 spiro atoms. The fourth-order valence-electron chi connectivity index (χ4n) is 0.613. The summed E-state index contributed by atoms with van der Waals surface area (Å²) in [6, 6.07) is 7.29. The largest absolute Gasteiger partial charge is 0.325 e. The molecule has 0 saturated heterocycles. The molecular formula is C6H7NOP+. The topological polar surface area (TPSA) is 44.7 Å². The van der Waals surface area contributed by atoms with Gasteiger partial charge in [-0.15, -0.1) is 0 Å². The molecule has 0 aliphatic carbocycles. The SMILES string of the molecule is [NH3+]c1cccc(P=O)c1. The minimum absolute atomic E-state index is 0.0647. The van der Waals surface area contributed by atoms with E-state index in [4.69, 9.17) is 0 Å². The molecule has 1 rings (SSSR count). The van der Waals surface area contributed by atoms with Crippen LogP contribution in [0, 0.1) is 0 Å². The summed E-state index contributed by atoms with van der Waals surface area (Å²) in [6.07, 6.45) is 0. The fourth-order valence-corrected chi connectivity index (χ4v) is 0.979. The molecule has 0 aromatic heterocycles. The van der Waals surface area contributed by atoms with Crippen LogP contribution in [0.5, 0.6) is 0 Å². The van der Waals surface area contributed by atoms with Crippen LogP contribution in [0.1, 0.15) is 0 Å². The van der Waals surface area contributed by atoms with Gasteiger partial charge in [-0.2, -0.15) is 0 Å². The molecule has 0 fully saturated rings. The molecule has 0 amide bonds. The van der Waals surface area contributed by atoms with Gasteiger partial charge in [-0.05, 0) is 12.1 Å². The molecule has 0 heterocycles. The summed E-state index contributed by atoms with van der Waals surface area (Å²) in [6.45, 7) is 0. The third-order valence-electron chi connectivity index (χ3n) is 1.02. The smallest absolute Gasteiger partial charge is 0.192 e. The summed E-state index contributed by atoms with van der Waals surface area (Å²) in [5.74, 6) is 0. The van der Waals surface area contributed by atoms with E-state index in [0.29, 0.717) is 0 Å². The lowest BCUT2D eigenvalue weighted by Crippen LogP contribution is -2.40. The van der Waals surface area contributed by atoms with E-state index in [1.165, 1.54) is 0 Å². The number of hydrogen-bond acceptors (Lipinski definition) is 1. The lowest BCUT2D eigenvalue weighted by molar-refractivity contribution is -0.254. The van der Waals surface area contributed by atoms with Crippen LogP contribution in [-0.2, 0) is 4.57 Å². The van der Waals surface area contributed by atoms with E-state index in [1.807, 2.05) is 12.1 Å². The van der Waals surface area contributed by atoms with E-state index in [1.54, 1.807) is 12.1 Å². The first kappa shape index (κ1) is 6.40. The molecular weight excluding hydrogens is 133 g/mol. The Morgan fingerprint density at radius 1 is 1.44 bits per heavy atom. The van der Waals surface area contributed by atoms with Crippen molar-refractivity contribution < 1.29 is 10.3 Å². The normalized spacial score (nSPS) is 9.89. The van der Waals surface area contributed by atoms with E-state index in [9.17, 15) is 4.57 Å². The Morgan fingerprint density at radius 3 is 2.67 bits per heavy atom. The summed E-state index contributed by atoms with van der Waals surface area (Å²) in [5.41, 5.74) is 4.58. The molecule has 1 aromatic carbocycles. The van der Waals surface area contributed by atoms with E-state index in [0.717, 1.165) is 11.0 Å². The van der Waals surface area contributed by atoms with Gasteiger partial charge in [0.2, 0.25) is 0 Å². The average molecular weight is 140 g/mol. The molecule has 0 radical (unpaired) electrons. The summed E-state index contributed by atoms with van der Waals surface area (Å²) in [4.78, 5) is 0. The second-order valence-electron chi connectivity index (χ2n) is 1.76. The zero-order chi connectivity index (χ0) is 6.69. The zero-order valence-electron chi connectivity index (χ0n) is 4.87. The summed E-state index contributed by atoms with van der Waals surface area (Å²) in [5, 5.41) is 0.780. The maximum absolute atomic E-state index is 10.2. The molecule has 2 nitrogen and oxygen atoms in total. The first-order valence-electron chi connectivity index (χ1n) is 2.58. The van der Waals surface area contributed by atoms with Crippen molar-refractivity contribution in [2.24, 2.45) is 0 Å². The van der Waals surface area contributed by atoms with Gasteiger partial charge in [-0.1, -0.05) is 6.07 Å². The minimum atomic E-state index is 0.0647. The highest BCUT2D eigenvalue weighted by molar-refractivity contribution is 7.34. The maximum Gasteiger partial charge on any atom is 0.192 e. The van der Waals surface area contributed by atoms with E-state index < -0.39 is 0 Å². The highest BCUT2D eigenvalue weighted by Crippen LogP contribution is 1.99. The Hall–Kier alpha value is -0.720. The second-order valence-corrected chi connectivity index (χ2v) is 2.46. The van der Waals surface area contributed by atoms with Gasteiger partial charge in [-0.3, -0.25) is 4.57 Å². The molecule has 0 saturated carbocycles. The van der Waals surface area contributed by atoms with Gasteiger partial charge in [-0.25, -0.2) is 0 Å². The molecule has 1 aromatic rings. The average Bonchev–Trinajstić information content (AvgIpc) is 1.88. The van der Waals surface area contributed by atoms with Crippen LogP contribution in [0.2, 0.25) is 0 Å². The molecule has 46 valence electrons. The Bertz CT molecular complexity index is 224. The van der Waals surface area contributed by atoms with Crippen molar-refractivity contribution in [1.82, 2.24) is 0 Å². The molecule has 0 bridgehead atoms. The van der Waals surface area contributed by atoms with Crippen LogP contribution in [0.3, 0.4) is 0 Å². The first-order chi connectivity index (χ1) is 4.33. The second kappa shape index (κ2) is 2.72. The molecule has 0 aliphatic heterocycles. The first-order valence-corrected chi connectivity index (χ1v) is 3.39. The van der Waals surface area contributed by atoms with E-state index in [2.05, 4.69) is 5.73 Å².